The van der Waals surface area contributed by atoms with Gasteiger partial charge in [0.15, 0.2) is 12.1 Å². The molecule has 1 rings (SSSR count). The molecule has 0 spiro atoms. The number of rotatable bonds is 3. The zero-order chi connectivity index (χ0) is 11.1. The van der Waals surface area contributed by atoms with Crippen LogP contribution in [0.3, 0.4) is 0 Å². The Kier molecular flexibility index (Phi) is 3.97. The van der Waals surface area contributed by atoms with Gasteiger partial charge in [0.2, 0.25) is 0 Å². The fourth-order valence-corrected chi connectivity index (χ4v) is 0.904. The third-order valence-electron chi connectivity index (χ3n) is 1.68. The summed E-state index contributed by atoms with van der Waals surface area (Å²) in [6.07, 6.45) is 2.25. The minimum atomic E-state index is 0.0238. The standard InChI is InChI=1S/C11H10N2O2/c12-11(10-4-2-1-3-5-10)13-6-9(7-14)8-15/h1-8,12,14H/b9-7+,12-11?,13-6?. The number of aliphatic hydroxyl groups excluding tert-OH is 1. The topological polar surface area (TPSA) is 73.5 Å². The summed E-state index contributed by atoms with van der Waals surface area (Å²) >= 11 is 0. The van der Waals surface area contributed by atoms with Gasteiger partial charge in [-0.25, -0.2) is 4.99 Å². The molecule has 0 aliphatic rings. The van der Waals surface area contributed by atoms with Crippen molar-refractivity contribution < 1.29 is 9.90 Å². The molecular formula is C11H10N2O2. The van der Waals surface area contributed by atoms with E-state index in [0.717, 1.165) is 6.21 Å². The van der Waals surface area contributed by atoms with Gasteiger partial charge in [0.25, 0.3) is 0 Å². The van der Waals surface area contributed by atoms with Crippen LogP contribution in [0.4, 0.5) is 0 Å². The first-order chi connectivity index (χ1) is 7.27. The molecular weight excluding hydrogens is 192 g/mol. The minimum Gasteiger partial charge on any atom is -0.515 e. The SMILES string of the molecule is N=C(N=C/C(C=O)=C\O)c1ccccc1. The monoisotopic (exact) mass is 202 g/mol. The number of hydrogen-bond donors (Lipinski definition) is 2. The minimum absolute atomic E-state index is 0.0238. The molecule has 0 amide bonds. The maximum absolute atomic E-state index is 10.3. The van der Waals surface area contributed by atoms with Crippen LogP contribution in [-0.2, 0) is 4.79 Å². The number of aliphatic imine (C=N–C) groups is 1. The van der Waals surface area contributed by atoms with Crippen LogP contribution in [-0.4, -0.2) is 23.4 Å². The van der Waals surface area contributed by atoms with E-state index in [9.17, 15) is 4.79 Å². The molecule has 0 saturated carbocycles. The van der Waals surface area contributed by atoms with Gasteiger partial charge in [0, 0.05) is 11.8 Å². The third kappa shape index (κ3) is 3.19. The highest BCUT2D eigenvalue weighted by atomic mass is 16.2. The fourth-order valence-electron chi connectivity index (χ4n) is 0.904. The second-order valence-corrected chi connectivity index (χ2v) is 2.72. The Morgan fingerprint density at radius 3 is 2.53 bits per heavy atom. The molecule has 76 valence electrons. The highest BCUT2D eigenvalue weighted by Gasteiger charge is 1.96. The molecule has 4 nitrogen and oxygen atoms in total. The Bertz CT molecular complexity index is 408. The van der Waals surface area contributed by atoms with Gasteiger partial charge < -0.3 is 5.11 Å². The van der Waals surface area contributed by atoms with Crippen molar-refractivity contribution in [2.45, 2.75) is 0 Å². The molecule has 0 aliphatic carbocycles. The van der Waals surface area contributed by atoms with Gasteiger partial charge in [-0.1, -0.05) is 30.3 Å². The number of nitrogens with one attached hydrogen (secondary N) is 1. The van der Waals surface area contributed by atoms with Gasteiger partial charge in [-0.2, -0.15) is 0 Å². The molecule has 0 bridgehead atoms. The van der Waals surface area contributed by atoms with Crippen LogP contribution in [0, 0.1) is 5.41 Å². The predicted octanol–water partition coefficient (Wildman–Crippen LogP) is 1.72. The highest BCUT2D eigenvalue weighted by molar-refractivity contribution is 6.09. The van der Waals surface area contributed by atoms with Crippen LogP contribution in [0.2, 0.25) is 0 Å². The molecule has 0 atom stereocenters. The van der Waals surface area contributed by atoms with E-state index in [1.165, 1.54) is 0 Å². The lowest BCUT2D eigenvalue weighted by molar-refractivity contribution is -0.104. The zero-order valence-corrected chi connectivity index (χ0v) is 7.92. The van der Waals surface area contributed by atoms with Crippen molar-refractivity contribution in [3.8, 4) is 0 Å². The van der Waals surface area contributed by atoms with E-state index in [2.05, 4.69) is 4.99 Å². The highest BCUT2D eigenvalue weighted by Crippen LogP contribution is 2.00. The smallest absolute Gasteiger partial charge is 0.154 e. The first-order valence-electron chi connectivity index (χ1n) is 4.25. The van der Waals surface area contributed by atoms with Crippen LogP contribution in [0.5, 0.6) is 0 Å². The van der Waals surface area contributed by atoms with Crippen LogP contribution in [0.25, 0.3) is 0 Å². The number of aldehydes is 1. The van der Waals surface area contributed by atoms with Gasteiger partial charge in [0.05, 0.1) is 11.8 Å². The summed E-state index contributed by atoms with van der Waals surface area (Å²) < 4.78 is 0. The largest absolute Gasteiger partial charge is 0.515 e. The summed E-state index contributed by atoms with van der Waals surface area (Å²) in [6.45, 7) is 0. The summed E-state index contributed by atoms with van der Waals surface area (Å²) in [7, 11) is 0. The molecule has 0 radical (unpaired) electrons. The Hall–Kier alpha value is -2.23. The lowest BCUT2D eigenvalue weighted by Crippen LogP contribution is -1.96. The van der Waals surface area contributed by atoms with E-state index in [0.29, 0.717) is 18.1 Å². The maximum Gasteiger partial charge on any atom is 0.154 e. The van der Waals surface area contributed by atoms with Crippen LogP contribution in [0.15, 0.2) is 47.2 Å². The molecule has 1 aromatic carbocycles. The van der Waals surface area contributed by atoms with Crippen molar-refractivity contribution in [1.29, 1.82) is 5.41 Å². The normalized spacial score (nSPS) is 11.6. The van der Waals surface area contributed by atoms with E-state index < -0.39 is 0 Å². The molecule has 0 aliphatic heterocycles. The number of nitrogens with zero attached hydrogens (tertiary/aromatic N) is 1. The van der Waals surface area contributed by atoms with Gasteiger partial charge in [-0.05, 0) is 0 Å². The molecule has 0 aromatic heterocycles. The third-order valence-corrected chi connectivity index (χ3v) is 1.68. The number of amidine groups is 1. The number of aliphatic hydroxyl groups is 1. The predicted molar refractivity (Wildman–Crippen MR) is 58.5 cm³/mol. The van der Waals surface area contributed by atoms with E-state index in [1.54, 1.807) is 24.3 Å². The Balaban J connectivity index is 2.76. The summed E-state index contributed by atoms with van der Waals surface area (Å²) in [5, 5.41) is 16.1. The maximum atomic E-state index is 10.3. The number of hydrogen-bond acceptors (Lipinski definition) is 3. The number of carbonyl (C=O) groups is 1. The molecule has 0 fully saturated rings. The molecule has 0 saturated heterocycles. The number of carbonyl (C=O) groups excluding carboxylic acids is 1. The first kappa shape index (κ1) is 10.8. The first-order valence-corrected chi connectivity index (χ1v) is 4.25. The average molecular weight is 202 g/mol. The van der Waals surface area contributed by atoms with Crippen molar-refractivity contribution >= 4 is 18.3 Å². The zero-order valence-electron chi connectivity index (χ0n) is 7.92. The number of allylic oxidation sites excluding steroid dienone is 1. The van der Waals surface area contributed by atoms with Crippen molar-refractivity contribution in [1.82, 2.24) is 0 Å². The second-order valence-electron chi connectivity index (χ2n) is 2.72. The molecule has 1 aromatic rings. The Morgan fingerprint density at radius 2 is 2.00 bits per heavy atom. The van der Waals surface area contributed by atoms with E-state index in [-0.39, 0.29) is 11.4 Å². The molecule has 0 heterocycles. The van der Waals surface area contributed by atoms with Crippen molar-refractivity contribution in [3.05, 3.63) is 47.7 Å². The summed E-state index contributed by atoms with van der Waals surface area (Å²) in [4.78, 5) is 14.0. The Labute approximate surface area is 87.1 Å². The van der Waals surface area contributed by atoms with Gasteiger partial charge in [-0.3, -0.25) is 10.2 Å². The summed E-state index contributed by atoms with van der Waals surface area (Å²) in [6, 6.07) is 8.90. The molecule has 4 heteroatoms. The van der Waals surface area contributed by atoms with E-state index in [1.807, 2.05) is 6.07 Å². The average Bonchev–Trinajstić information content (AvgIpc) is 2.31. The summed E-state index contributed by atoms with van der Waals surface area (Å²) in [5.74, 6) is 0.0387. The molecule has 0 unspecified atom stereocenters. The van der Waals surface area contributed by atoms with Gasteiger partial charge in [0.1, 0.15) is 0 Å². The molecule has 15 heavy (non-hydrogen) atoms. The van der Waals surface area contributed by atoms with Crippen molar-refractivity contribution in [2.75, 3.05) is 0 Å². The quantitative estimate of drug-likeness (QED) is 0.257. The fraction of sp³-hybridized carbons (Fsp3) is 0. The van der Waals surface area contributed by atoms with E-state index >= 15 is 0 Å². The van der Waals surface area contributed by atoms with Crippen molar-refractivity contribution in [2.24, 2.45) is 4.99 Å². The van der Waals surface area contributed by atoms with Crippen molar-refractivity contribution in [3.63, 3.8) is 0 Å². The van der Waals surface area contributed by atoms with Crippen LogP contribution in [0.1, 0.15) is 5.56 Å². The Morgan fingerprint density at radius 1 is 1.33 bits per heavy atom. The summed E-state index contributed by atoms with van der Waals surface area (Å²) in [5.41, 5.74) is 0.674. The lowest BCUT2D eigenvalue weighted by Gasteiger charge is -1.96. The van der Waals surface area contributed by atoms with Crippen LogP contribution >= 0.6 is 0 Å². The van der Waals surface area contributed by atoms with Gasteiger partial charge >= 0.3 is 0 Å². The second kappa shape index (κ2) is 5.49. The van der Waals surface area contributed by atoms with Gasteiger partial charge in [-0.15, -0.1) is 0 Å². The van der Waals surface area contributed by atoms with E-state index in [4.69, 9.17) is 10.5 Å². The van der Waals surface area contributed by atoms with Crippen LogP contribution < -0.4 is 0 Å². The molecule has 2 N–H and O–H groups in total. The number of benzene rings is 1. The lowest BCUT2D eigenvalue weighted by atomic mass is 10.2.